The van der Waals surface area contributed by atoms with Crippen LogP contribution in [0.5, 0.6) is 23.1 Å². The van der Waals surface area contributed by atoms with E-state index in [1.165, 1.54) is 30.5 Å². The highest BCUT2D eigenvalue weighted by molar-refractivity contribution is 6.00. The van der Waals surface area contributed by atoms with Crippen molar-refractivity contribution in [1.82, 2.24) is 4.98 Å². The number of nitrogens with zero attached hydrogens (tertiary/aromatic N) is 1. The Morgan fingerprint density at radius 1 is 1.03 bits per heavy atom. The van der Waals surface area contributed by atoms with Gasteiger partial charge in [-0.15, -0.1) is 0 Å². The van der Waals surface area contributed by atoms with Crippen LogP contribution in [0.15, 0.2) is 60.8 Å². The minimum Gasteiger partial charge on any atom is -0.454 e. The van der Waals surface area contributed by atoms with Crippen LogP contribution in [-0.4, -0.2) is 30.6 Å². The van der Waals surface area contributed by atoms with E-state index in [0.29, 0.717) is 17.2 Å². The molecule has 11 heteroatoms. The molecule has 8 nitrogen and oxygen atoms in total. The lowest BCUT2D eigenvalue weighted by atomic mass is 9.85. The number of hydrogen-bond acceptors (Lipinski definition) is 6. The Kier molecular flexibility index (Phi) is 5.40. The Bertz CT molecular complexity index is 1230. The number of ether oxygens (including phenoxy) is 4. The van der Waals surface area contributed by atoms with Crippen LogP contribution in [-0.2, 0) is 10.3 Å². The normalized spacial score (nSPS) is 18.7. The quantitative estimate of drug-likeness (QED) is 0.514. The Morgan fingerprint density at radius 3 is 2.59 bits per heavy atom. The summed E-state index contributed by atoms with van der Waals surface area (Å²) in [6, 6.07) is 13.1. The molecule has 0 bridgehead atoms. The van der Waals surface area contributed by atoms with Crippen molar-refractivity contribution in [2.45, 2.75) is 18.2 Å². The van der Waals surface area contributed by atoms with Gasteiger partial charge in [-0.3, -0.25) is 0 Å². The summed E-state index contributed by atoms with van der Waals surface area (Å²) in [4.78, 5) is 16.6. The smallest absolute Gasteiger partial charge is 0.421 e. The fourth-order valence-corrected chi connectivity index (χ4v) is 3.71. The van der Waals surface area contributed by atoms with Gasteiger partial charge in [0.15, 0.2) is 17.1 Å². The van der Waals surface area contributed by atoms with Gasteiger partial charge in [-0.25, -0.2) is 9.78 Å². The van der Waals surface area contributed by atoms with Crippen LogP contribution in [0.2, 0.25) is 0 Å². The number of carbonyl (C=O) groups excluding carboxylic acids is 1. The molecular formula is C23H18F3N3O5. The molecule has 3 aromatic rings. The van der Waals surface area contributed by atoms with Crippen molar-refractivity contribution in [1.29, 1.82) is 0 Å². The number of rotatable bonds is 5. The van der Waals surface area contributed by atoms with Crippen molar-refractivity contribution in [2.75, 3.05) is 24.0 Å². The van der Waals surface area contributed by atoms with E-state index in [1.807, 2.05) is 0 Å². The molecule has 5 rings (SSSR count). The minimum atomic E-state index is -4.62. The molecule has 2 N–H and O–H groups in total. The number of carbonyl (C=O) groups is 1. The largest absolute Gasteiger partial charge is 0.454 e. The fraction of sp³-hybridized carbons (Fsp3) is 0.217. The number of anilines is 2. The zero-order chi connectivity index (χ0) is 23.8. The lowest BCUT2D eigenvalue weighted by Crippen LogP contribution is -2.52. The first-order valence-electron chi connectivity index (χ1n) is 10.3. The standard InChI is InChI=1S/C23H18F3N3O5/c24-23(25,26)22(9-11-33-22)15-4-1-2-6-17(15)34-20-16(5-3-10-27-20)29-21(30)28-14-7-8-18-19(12-14)32-13-31-18/h1-8,10,12H,9,11,13H2,(H2,28,29,30). The van der Waals surface area contributed by atoms with E-state index in [9.17, 15) is 18.0 Å². The van der Waals surface area contributed by atoms with Gasteiger partial charge in [0.25, 0.3) is 0 Å². The van der Waals surface area contributed by atoms with Gasteiger partial charge in [0.05, 0.1) is 6.61 Å². The molecular weight excluding hydrogens is 455 g/mol. The first-order valence-corrected chi connectivity index (χ1v) is 10.3. The average Bonchev–Trinajstić information content (AvgIpc) is 3.22. The number of nitrogens with one attached hydrogen (secondary N) is 2. The zero-order valence-corrected chi connectivity index (χ0v) is 17.5. The number of halogens is 3. The van der Waals surface area contributed by atoms with Crippen LogP contribution in [0, 0.1) is 0 Å². The Hall–Kier alpha value is -3.99. The Labute approximate surface area is 191 Å². The van der Waals surface area contributed by atoms with Crippen LogP contribution >= 0.6 is 0 Å². The van der Waals surface area contributed by atoms with Gasteiger partial charge in [0.1, 0.15) is 11.4 Å². The van der Waals surface area contributed by atoms with E-state index in [0.717, 1.165) is 0 Å². The van der Waals surface area contributed by atoms with Crippen molar-refractivity contribution < 1.29 is 36.9 Å². The summed E-state index contributed by atoms with van der Waals surface area (Å²) in [5.74, 6) is 0.918. The number of benzene rings is 2. The molecule has 0 spiro atoms. The third-order valence-corrected chi connectivity index (χ3v) is 5.44. The van der Waals surface area contributed by atoms with E-state index in [1.54, 1.807) is 30.3 Å². The van der Waals surface area contributed by atoms with Crippen molar-refractivity contribution in [3.63, 3.8) is 0 Å². The molecule has 1 saturated heterocycles. The summed E-state index contributed by atoms with van der Waals surface area (Å²) in [6.07, 6.45) is -3.44. The van der Waals surface area contributed by atoms with Gasteiger partial charge in [0, 0.05) is 29.9 Å². The topological polar surface area (TPSA) is 90.9 Å². The molecule has 3 heterocycles. The Balaban J connectivity index is 1.36. The number of aromatic nitrogens is 1. The summed E-state index contributed by atoms with van der Waals surface area (Å²) in [5.41, 5.74) is -1.99. The van der Waals surface area contributed by atoms with Crippen molar-refractivity contribution >= 4 is 17.4 Å². The molecule has 0 radical (unpaired) electrons. The fourth-order valence-electron chi connectivity index (χ4n) is 3.71. The molecule has 2 amide bonds. The lowest BCUT2D eigenvalue weighted by Gasteiger charge is -2.43. The molecule has 176 valence electrons. The monoisotopic (exact) mass is 473 g/mol. The summed E-state index contributed by atoms with van der Waals surface area (Å²) < 4.78 is 62.8. The molecule has 1 fully saturated rings. The molecule has 34 heavy (non-hydrogen) atoms. The van der Waals surface area contributed by atoms with Gasteiger partial charge < -0.3 is 29.6 Å². The minimum absolute atomic E-state index is 0.00966. The molecule has 2 aliphatic rings. The SMILES string of the molecule is O=C(Nc1ccc2c(c1)OCO2)Nc1cccnc1Oc1ccccc1C1(C(F)(F)F)CCO1. The maximum atomic E-state index is 13.8. The molecule has 1 aromatic heterocycles. The predicted octanol–water partition coefficient (Wildman–Crippen LogP) is 5.42. The summed E-state index contributed by atoms with van der Waals surface area (Å²) in [6.45, 7) is 0.0910. The van der Waals surface area contributed by atoms with Crippen molar-refractivity contribution in [3.8, 4) is 23.1 Å². The lowest BCUT2D eigenvalue weighted by molar-refractivity contribution is -0.333. The van der Waals surface area contributed by atoms with Crippen LogP contribution < -0.4 is 24.8 Å². The molecule has 1 unspecified atom stereocenters. The number of fused-ring (bicyclic) bond motifs is 1. The van der Waals surface area contributed by atoms with Gasteiger partial charge in [-0.1, -0.05) is 18.2 Å². The molecule has 2 aliphatic heterocycles. The van der Waals surface area contributed by atoms with Gasteiger partial charge in [0.2, 0.25) is 12.7 Å². The highest BCUT2D eigenvalue weighted by Gasteiger charge is 2.62. The number of para-hydroxylation sites is 1. The van der Waals surface area contributed by atoms with Crippen LogP contribution in [0.25, 0.3) is 0 Å². The molecule has 2 aromatic carbocycles. The van der Waals surface area contributed by atoms with E-state index in [4.69, 9.17) is 18.9 Å². The van der Waals surface area contributed by atoms with E-state index < -0.39 is 17.8 Å². The molecule has 1 atom stereocenters. The second-order valence-electron chi connectivity index (χ2n) is 7.52. The second kappa shape index (κ2) is 8.41. The summed E-state index contributed by atoms with van der Waals surface area (Å²) >= 11 is 0. The van der Waals surface area contributed by atoms with E-state index in [-0.39, 0.29) is 42.7 Å². The molecule has 0 aliphatic carbocycles. The van der Waals surface area contributed by atoms with Gasteiger partial charge in [-0.05, 0) is 30.3 Å². The maximum absolute atomic E-state index is 13.8. The van der Waals surface area contributed by atoms with Crippen molar-refractivity contribution in [3.05, 3.63) is 66.4 Å². The van der Waals surface area contributed by atoms with Crippen LogP contribution in [0.3, 0.4) is 0 Å². The second-order valence-corrected chi connectivity index (χ2v) is 7.52. The van der Waals surface area contributed by atoms with E-state index in [2.05, 4.69) is 15.6 Å². The first kappa shape index (κ1) is 21.8. The Morgan fingerprint density at radius 2 is 1.82 bits per heavy atom. The number of alkyl halides is 3. The van der Waals surface area contributed by atoms with Gasteiger partial charge in [-0.2, -0.15) is 13.2 Å². The van der Waals surface area contributed by atoms with Crippen LogP contribution in [0.1, 0.15) is 12.0 Å². The molecule has 0 saturated carbocycles. The highest BCUT2D eigenvalue weighted by atomic mass is 19.4. The van der Waals surface area contributed by atoms with Gasteiger partial charge >= 0.3 is 12.2 Å². The predicted molar refractivity (Wildman–Crippen MR) is 114 cm³/mol. The van der Waals surface area contributed by atoms with E-state index >= 15 is 0 Å². The van der Waals surface area contributed by atoms with Crippen LogP contribution in [0.4, 0.5) is 29.3 Å². The third kappa shape index (κ3) is 3.94. The summed E-state index contributed by atoms with van der Waals surface area (Å²) in [7, 11) is 0. The zero-order valence-electron chi connectivity index (χ0n) is 17.5. The number of pyridine rings is 1. The highest BCUT2D eigenvalue weighted by Crippen LogP contribution is 2.53. The third-order valence-electron chi connectivity index (χ3n) is 5.44. The number of hydrogen-bond donors (Lipinski definition) is 2. The summed E-state index contributed by atoms with van der Waals surface area (Å²) in [5, 5.41) is 5.25. The first-order chi connectivity index (χ1) is 16.4. The average molecular weight is 473 g/mol. The number of amides is 2. The van der Waals surface area contributed by atoms with Crippen molar-refractivity contribution in [2.24, 2.45) is 0 Å². The maximum Gasteiger partial charge on any atom is 0.421 e. The number of urea groups is 1.